The summed E-state index contributed by atoms with van der Waals surface area (Å²) in [6.45, 7) is -0.545. The van der Waals surface area contributed by atoms with E-state index < -0.39 is 22.5 Å². The minimum absolute atomic E-state index is 0.143. The minimum atomic E-state index is -3.79. The van der Waals surface area contributed by atoms with E-state index in [1.165, 1.54) is 31.5 Å². The summed E-state index contributed by atoms with van der Waals surface area (Å²) in [5.74, 6) is -0.606. The van der Waals surface area contributed by atoms with Gasteiger partial charge in [0.25, 0.3) is 5.91 Å². The van der Waals surface area contributed by atoms with Crippen LogP contribution in [-0.2, 0) is 14.8 Å². The number of nitrogens with zero attached hydrogens (tertiary/aromatic N) is 2. The minimum Gasteiger partial charge on any atom is -0.504 e. The lowest BCUT2D eigenvalue weighted by Gasteiger charge is -2.21. The van der Waals surface area contributed by atoms with Gasteiger partial charge in [0.05, 0.1) is 25.3 Å². The van der Waals surface area contributed by atoms with Crippen molar-refractivity contribution in [3.05, 3.63) is 52.0 Å². The average molecular weight is 446 g/mol. The number of phenols is 1. The second kappa shape index (κ2) is 9.13. The molecule has 28 heavy (non-hydrogen) atoms. The van der Waals surface area contributed by atoms with E-state index in [-0.39, 0.29) is 27.2 Å². The van der Waals surface area contributed by atoms with Gasteiger partial charge in [-0.3, -0.25) is 9.10 Å². The molecule has 2 rings (SSSR count). The zero-order chi connectivity index (χ0) is 20.9. The van der Waals surface area contributed by atoms with Crippen LogP contribution in [0.5, 0.6) is 11.5 Å². The van der Waals surface area contributed by atoms with Crippen molar-refractivity contribution < 1.29 is 23.1 Å². The van der Waals surface area contributed by atoms with Crippen LogP contribution in [0.2, 0.25) is 10.0 Å². The number of sulfonamides is 1. The SMILES string of the molecule is COc1cccc(/C=N\NC(=O)CN(c2cc(Cl)cc(Cl)c2)S(C)(=O)=O)c1O. The first-order valence-electron chi connectivity index (χ1n) is 7.73. The van der Waals surface area contributed by atoms with Crippen molar-refractivity contribution in [2.24, 2.45) is 5.10 Å². The van der Waals surface area contributed by atoms with Crippen LogP contribution >= 0.6 is 23.2 Å². The van der Waals surface area contributed by atoms with Crippen LogP contribution in [0.1, 0.15) is 5.56 Å². The Morgan fingerprint density at radius 1 is 1.29 bits per heavy atom. The van der Waals surface area contributed by atoms with E-state index in [4.69, 9.17) is 27.9 Å². The Morgan fingerprint density at radius 2 is 1.93 bits per heavy atom. The fourth-order valence-corrected chi connectivity index (χ4v) is 3.59. The first-order valence-corrected chi connectivity index (χ1v) is 10.3. The third kappa shape index (κ3) is 5.75. The van der Waals surface area contributed by atoms with Gasteiger partial charge in [0, 0.05) is 15.6 Å². The Kier molecular flexibility index (Phi) is 7.11. The van der Waals surface area contributed by atoms with E-state index in [1.54, 1.807) is 18.2 Å². The highest BCUT2D eigenvalue weighted by atomic mass is 35.5. The molecule has 0 heterocycles. The molecule has 150 valence electrons. The molecule has 2 aromatic rings. The number of carbonyl (C=O) groups excluding carboxylic acids is 1. The van der Waals surface area contributed by atoms with Crippen LogP contribution in [-0.4, -0.2) is 45.6 Å². The molecule has 0 aliphatic heterocycles. The molecule has 0 radical (unpaired) electrons. The Hall–Kier alpha value is -2.49. The van der Waals surface area contributed by atoms with E-state index in [1.807, 2.05) is 0 Å². The quantitative estimate of drug-likeness (QED) is 0.502. The number of phenolic OH excluding ortho intramolecular Hbond substituents is 1. The molecule has 0 fully saturated rings. The van der Waals surface area contributed by atoms with Crippen LogP contribution < -0.4 is 14.5 Å². The summed E-state index contributed by atoms with van der Waals surface area (Å²) in [5.41, 5.74) is 2.65. The van der Waals surface area contributed by atoms with Crippen molar-refractivity contribution in [1.29, 1.82) is 0 Å². The van der Waals surface area contributed by atoms with Crippen LogP contribution in [0, 0.1) is 0 Å². The van der Waals surface area contributed by atoms with Crippen molar-refractivity contribution in [2.75, 3.05) is 24.2 Å². The lowest BCUT2D eigenvalue weighted by molar-refractivity contribution is -0.119. The van der Waals surface area contributed by atoms with Gasteiger partial charge in [-0.15, -0.1) is 0 Å². The molecular formula is C17H17Cl2N3O5S. The number of benzene rings is 2. The Bertz CT molecular complexity index is 992. The number of aromatic hydroxyl groups is 1. The van der Waals surface area contributed by atoms with E-state index in [9.17, 15) is 18.3 Å². The molecule has 11 heteroatoms. The second-order valence-corrected chi connectivity index (χ2v) is 8.37. The molecule has 0 aliphatic rings. The fraction of sp³-hybridized carbons (Fsp3) is 0.176. The molecule has 0 aliphatic carbocycles. The van der Waals surface area contributed by atoms with Crippen molar-refractivity contribution >= 4 is 51.0 Å². The number of nitrogens with one attached hydrogen (secondary N) is 1. The first kappa shape index (κ1) is 21.8. The Morgan fingerprint density at radius 3 is 2.50 bits per heavy atom. The van der Waals surface area contributed by atoms with E-state index in [0.29, 0.717) is 5.56 Å². The third-order valence-electron chi connectivity index (χ3n) is 3.47. The van der Waals surface area contributed by atoms with Crippen molar-refractivity contribution in [1.82, 2.24) is 5.43 Å². The van der Waals surface area contributed by atoms with Crippen LogP contribution in [0.15, 0.2) is 41.5 Å². The number of carbonyl (C=O) groups is 1. The summed E-state index contributed by atoms with van der Waals surface area (Å²) in [6.07, 6.45) is 2.16. The standard InChI is InChI=1S/C17H17Cl2N3O5S/c1-27-15-5-3-4-11(17(15)24)9-20-21-16(23)10-22(28(2,25)26)14-7-12(18)6-13(19)8-14/h3-9,24H,10H2,1-2H3,(H,21,23)/b20-9-. The highest BCUT2D eigenvalue weighted by molar-refractivity contribution is 7.92. The largest absolute Gasteiger partial charge is 0.504 e. The van der Waals surface area contributed by atoms with E-state index >= 15 is 0 Å². The number of amides is 1. The third-order valence-corrected chi connectivity index (χ3v) is 5.04. The van der Waals surface area contributed by atoms with Crippen molar-refractivity contribution in [3.8, 4) is 11.5 Å². The van der Waals surface area contributed by atoms with Crippen molar-refractivity contribution in [2.45, 2.75) is 0 Å². The maximum absolute atomic E-state index is 12.2. The molecule has 8 nitrogen and oxygen atoms in total. The lowest BCUT2D eigenvalue weighted by atomic mass is 10.2. The van der Waals surface area contributed by atoms with Crippen molar-refractivity contribution in [3.63, 3.8) is 0 Å². The number of anilines is 1. The average Bonchev–Trinajstić information content (AvgIpc) is 2.59. The predicted molar refractivity (Wildman–Crippen MR) is 109 cm³/mol. The Balaban J connectivity index is 2.15. The van der Waals surface area contributed by atoms with Gasteiger partial charge in [-0.25, -0.2) is 13.8 Å². The molecule has 0 saturated heterocycles. The summed E-state index contributed by atoms with van der Waals surface area (Å²) < 4.78 is 30.0. The predicted octanol–water partition coefficient (Wildman–Crippen LogP) is 2.62. The summed E-state index contributed by atoms with van der Waals surface area (Å²) >= 11 is 11.8. The molecule has 0 atom stereocenters. The summed E-state index contributed by atoms with van der Waals surface area (Å²) in [4.78, 5) is 12.2. The molecule has 0 spiro atoms. The number of rotatable bonds is 7. The van der Waals surface area contributed by atoms with Gasteiger partial charge >= 0.3 is 0 Å². The molecule has 2 N–H and O–H groups in total. The van der Waals surface area contributed by atoms with Gasteiger partial charge in [-0.1, -0.05) is 29.3 Å². The van der Waals surface area contributed by atoms with Gasteiger partial charge in [0.1, 0.15) is 6.54 Å². The fourth-order valence-electron chi connectivity index (χ4n) is 2.23. The van der Waals surface area contributed by atoms with E-state index in [2.05, 4.69) is 10.5 Å². The monoisotopic (exact) mass is 445 g/mol. The van der Waals surface area contributed by atoms with E-state index in [0.717, 1.165) is 10.6 Å². The highest BCUT2D eigenvalue weighted by Crippen LogP contribution is 2.28. The molecule has 0 bridgehead atoms. The maximum atomic E-state index is 12.2. The van der Waals surface area contributed by atoms with Crippen LogP contribution in [0.3, 0.4) is 0 Å². The van der Waals surface area contributed by atoms with Gasteiger partial charge in [0.15, 0.2) is 11.5 Å². The molecule has 2 aromatic carbocycles. The summed E-state index contributed by atoms with van der Waals surface area (Å²) in [5, 5.41) is 14.1. The number of para-hydroxylation sites is 1. The summed E-state index contributed by atoms with van der Waals surface area (Å²) in [7, 11) is -2.39. The molecule has 0 unspecified atom stereocenters. The lowest BCUT2D eigenvalue weighted by Crippen LogP contribution is -2.39. The second-order valence-electron chi connectivity index (χ2n) is 5.59. The number of methoxy groups -OCH3 is 1. The van der Waals surface area contributed by atoms with Gasteiger partial charge in [-0.05, 0) is 30.3 Å². The topological polar surface area (TPSA) is 108 Å². The maximum Gasteiger partial charge on any atom is 0.260 e. The van der Waals surface area contributed by atoms with Gasteiger partial charge in [0.2, 0.25) is 10.0 Å². The number of hydrogen-bond donors (Lipinski definition) is 2. The number of ether oxygens (including phenoxy) is 1. The normalized spacial score (nSPS) is 11.4. The zero-order valence-corrected chi connectivity index (χ0v) is 17.2. The first-order chi connectivity index (χ1) is 13.1. The zero-order valence-electron chi connectivity index (χ0n) is 14.9. The number of hydrogen-bond acceptors (Lipinski definition) is 6. The van der Waals surface area contributed by atoms with Gasteiger partial charge in [-0.2, -0.15) is 5.10 Å². The van der Waals surface area contributed by atoms with Gasteiger partial charge < -0.3 is 9.84 Å². The van der Waals surface area contributed by atoms with Crippen LogP contribution in [0.4, 0.5) is 5.69 Å². The molecule has 0 saturated carbocycles. The number of hydrazone groups is 1. The molecular weight excluding hydrogens is 429 g/mol. The molecule has 0 aromatic heterocycles. The molecule has 1 amide bonds. The Labute approximate surface area is 172 Å². The highest BCUT2D eigenvalue weighted by Gasteiger charge is 2.21. The van der Waals surface area contributed by atoms with Crippen LogP contribution in [0.25, 0.3) is 0 Å². The smallest absolute Gasteiger partial charge is 0.260 e. The number of halogens is 2. The summed E-state index contributed by atoms with van der Waals surface area (Å²) in [6, 6.07) is 8.95.